The van der Waals surface area contributed by atoms with Crippen molar-refractivity contribution in [3.05, 3.63) is 69.8 Å². The van der Waals surface area contributed by atoms with Crippen LogP contribution < -0.4 is 0 Å². The molecule has 21 heavy (non-hydrogen) atoms. The third kappa shape index (κ3) is 2.42. The Balaban J connectivity index is 1.55. The largest absolute Gasteiger partial charge is 0.294 e. The van der Waals surface area contributed by atoms with E-state index in [2.05, 4.69) is 30.3 Å². The fourth-order valence-corrected chi connectivity index (χ4v) is 3.77. The van der Waals surface area contributed by atoms with Gasteiger partial charge >= 0.3 is 0 Å². The molecule has 0 amide bonds. The van der Waals surface area contributed by atoms with E-state index < -0.39 is 0 Å². The Morgan fingerprint density at radius 2 is 1.38 bits per heavy atom. The molecule has 2 aromatic carbocycles. The van der Waals surface area contributed by atoms with E-state index in [1.54, 1.807) is 0 Å². The summed E-state index contributed by atoms with van der Waals surface area (Å²) in [6.45, 7) is 0. The first-order chi connectivity index (χ1) is 10.3. The molecule has 0 saturated heterocycles. The van der Waals surface area contributed by atoms with E-state index in [0.717, 1.165) is 12.0 Å². The fourth-order valence-electron chi connectivity index (χ4n) is 3.77. The summed E-state index contributed by atoms with van der Waals surface area (Å²) in [6.07, 6.45) is 7.72. The van der Waals surface area contributed by atoms with E-state index in [1.807, 2.05) is 6.07 Å². The summed E-state index contributed by atoms with van der Waals surface area (Å²) >= 11 is 0. The quantitative estimate of drug-likeness (QED) is 0.772. The van der Waals surface area contributed by atoms with Gasteiger partial charge in [0.2, 0.25) is 0 Å². The number of ketones is 1. The highest BCUT2D eigenvalue weighted by molar-refractivity contribution is 5.97. The fraction of sp³-hybridized carbons (Fsp3) is 0.350. The number of carbonyl (C=O) groups excluding carboxylic acids is 1. The van der Waals surface area contributed by atoms with E-state index >= 15 is 0 Å². The molecule has 1 nitrogen and oxygen atoms in total. The van der Waals surface area contributed by atoms with Crippen molar-refractivity contribution in [2.45, 2.75) is 44.9 Å². The molecule has 2 aliphatic rings. The lowest BCUT2D eigenvalue weighted by atomic mass is 9.97. The van der Waals surface area contributed by atoms with Gasteiger partial charge in [-0.3, -0.25) is 4.79 Å². The number of hydrogen-bond acceptors (Lipinski definition) is 1. The van der Waals surface area contributed by atoms with E-state index in [-0.39, 0.29) is 5.78 Å². The molecule has 0 atom stereocenters. The third-order valence-electron chi connectivity index (χ3n) is 4.95. The van der Waals surface area contributed by atoms with Gasteiger partial charge < -0.3 is 0 Å². The van der Waals surface area contributed by atoms with Crippen LogP contribution in [0.4, 0.5) is 0 Å². The number of rotatable bonds is 3. The van der Waals surface area contributed by atoms with E-state index in [4.69, 9.17) is 0 Å². The molecule has 0 aromatic heterocycles. The van der Waals surface area contributed by atoms with Crippen molar-refractivity contribution in [2.75, 3.05) is 0 Å². The van der Waals surface area contributed by atoms with Crippen LogP contribution >= 0.6 is 0 Å². The van der Waals surface area contributed by atoms with Crippen LogP contribution in [0, 0.1) is 0 Å². The third-order valence-corrected chi connectivity index (χ3v) is 4.95. The molecular weight excluding hydrogens is 256 g/mol. The van der Waals surface area contributed by atoms with Gasteiger partial charge in [-0.15, -0.1) is 0 Å². The van der Waals surface area contributed by atoms with Crippen molar-refractivity contribution in [2.24, 2.45) is 0 Å². The first kappa shape index (κ1) is 12.8. The van der Waals surface area contributed by atoms with Gasteiger partial charge in [-0.05, 0) is 72.4 Å². The normalized spacial score (nSPS) is 15.8. The molecule has 0 N–H and O–H groups in total. The van der Waals surface area contributed by atoms with Crippen LogP contribution in [0.5, 0.6) is 0 Å². The second-order valence-electron chi connectivity index (χ2n) is 6.39. The number of hydrogen-bond donors (Lipinski definition) is 0. The van der Waals surface area contributed by atoms with E-state index in [1.165, 1.54) is 59.9 Å². The molecule has 1 heteroatoms. The monoisotopic (exact) mass is 276 g/mol. The summed E-state index contributed by atoms with van der Waals surface area (Å²) in [6, 6.07) is 12.9. The Labute approximate surface area is 126 Å². The standard InChI is InChI=1S/C20H20O/c21-20(19-10-9-16-4-2-6-18(16)13-19)12-14-7-8-15-3-1-5-17(15)11-14/h7-11,13H,1-6,12H2. The number of carbonyl (C=O) groups is 1. The molecule has 0 spiro atoms. The summed E-state index contributed by atoms with van der Waals surface area (Å²) in [4.78, 5) is 12.5. The number of aryl methyl sites for hydroxylation is 4. The highest BCUT2D eigenvalue weighted by atomic mass is 16.1. The Morgan fingerprint density at radius 3 is 2.14 bits per heavy atom. The summed E-state index contributed by atoms with van der Waals surface area (Å²) in [5, 5.41) is 0. The molecule has 106 valence electrons. The van der Waals surface area contributed by atoms with Crippen molar-refractivity contribution in [1.29, 1.82) is 0 Å². The van der Waals surface area contributed by atoms with Gasteiger partial charge in [0.1, 0.15) is 0 Å². The minimum Gasteiger partial charge on any atom is -0.294 e. The summed E-state index contributed by atoms with van der Waals surface area (Å²) in [5.41, 5.74) is 7.80. The summed E-state index contributed by atoms with van der Waals surface area (Å²) < 4.78 is 0. The maximum atomic E-state index is 12.5. The number of Topliss-reactive ketones (excluding diaryl/α,β-unsaturated/α-hetero) is 1. The molecule has 0 fully saturated rings. The highest BCUT2D eigenvalue weighted by Crippen LogP contribution is 2.25. The predicted molar refractivity (Wildman–Crippen MR) is 85.0 cm³/mol. The zero-order valence-electron chi connectivity index (χ0n) is 12.3. The first-order valence-corrected chi connectivity index (χ1v) is 8.05. The second kappa shape index (κ2) is 5.14. The highest BCUT2D eigenvalue weighted by Gasteiger charge is 2.16. The van der Waals surface area contributed by atoms with Gasteiger partial charge in [0, 0.05) is 12.0 Å². The van der Waals surface area contributed by atoms with Crippen molar-refractivity contribution in [3.8, 4) is 0 Å². The minimum atomic E-state index is 0.252. The van der Waals surface area contributed by atoms with Gasteiger partial charge in [-0.1, -0.05) is 30.3 Å². The van der Waals surface area contributed by atoms with Gasteiger partial charge in [-0.25, -0.2) is 0 Å². The average molecular weight is 276 g/mol. The first-order valence-electron chi connectivity index (χ1n) is 8.05. The van der Waals surface area contributed by atoms with Crippen molar-refractivity contribution in [1.82, 2.24) is 0 Å². The molecule has 0 heterocycles. The van der Waals surface area contributed by atoms with E-state index in [0.29, 0.717) is 6.42 Å². The second-order valence-corrected chi connectivity index (χ2v) is 6.39. The molecule has 4 rings (SSSR count). The Hall–Kier alpha value is -1.89. The van der Waals surface area contributed by atoms with Crippen molar-refractivity contribution < 1.29 is 4.79 Å². The smallest absolute Gasteiger partial charge is 0.167 e. The lowest BCUT2D eigenvalue weighted by Gasteiger charge is -2.06. The summed E-state index contributed by atoms with van der Waals surface area (Å²) in [7, 11) is 0. The maximum absolute atomic E-state index is 12.5. The van der Waals surface area contributed by atoms with Gasteiger partial charge in [0.25, 0.3) is 0 Å². The maximum Gasteiger partial charge on any atom is 0.167 e. The van der Waals surface area contributed by atoms with Crippen LogP contribution in [0.2, 0.25) is 0 Å². The van der Waals surface area contributed by atoms with Crippen LogP contribution in [0.15, 0.2) is 36.4 Å². The van der Waals surface area contributed by atoms with Gasteiger partial charge in [0.15, 0.2) is 5.78 Å². The van der Waals surface area contributed by atoms with E-state index in [9.17, 15) is 4.79 Å². The zero-order valence-corrected chi connectivity index (χ0v) is 12.3. The predicted octanol–water partition coefficient (Wildman–Crippen LogP) is 4.09. The molecular formula is C20H20O. The molecule has 2 aliphatic carbocycles. The molecule has 0 aliphatic heterocycles. The molecule has 0 bridgehead atoms. The van der Waals surface area contributed by atoms with Crippen molar-refractivity contribution >= 4 is 5.78 Å². The zero-order chi connectivity index (χ0) is 14.2. The summed E-state index contributed by atoms with van der Waals surface area (Å²) in [5.74, 6) is 0.252. The Morgan fingerprint density at radius 1 is 0.762 bits per heavy atom. The van der Waals surface area contributed by atoms with Crippen molar-refractivity contribution in [3.63, 3.8) is 0 Å². The van der Waals surface area contributed by atoms with Crippen LogP contribution in [0.1, 0.15) is 51.0 Å². The number of fused-ring (bicyclic) bond motifs is 2. The van der Waals surface area contributed by atoms with Crippen LogP contribution in [0.3, 0.4) is 0 Å². The Kier molecular flexibility index (Phi) is 3.14. The average Bonchev–Trinajstić information content (AvgIpc) is 3.14. The molecule has 0 saturated carbocycles. The lowest BCUT2D eigenvalue weighted by Crippen LogP contribution is -2.05. The SMILES string of the molecule is O=C(Cc1ccc2c(c1)CCC2)c1ccc2c(c1)CCC2. The van der Waals surface area contributed by atoms with Gasteiger partial charge in [-0.2, -0.15) is 0 Å². The lowest BCUT2D eigenvalue weighted by molar-refractivity contribution is 0.0993. The van der Waals surface area contributed by atoms with Crippen LogP contribution in [-0.4, -0.2) is 5.78 Å². The molecule has 2 aromatic rings. The topological polar surface area (TPSA) is 17.1 Å². The Bertz CT molecular complexity index is 712. The minimum absolute atomic E-state index is 0.252. The van der Waals surface area contributed by atoms with Crippen LogP contribution in [-0.2, 0) is 32.1 Å². The van der Waals surface area contributed by atoms with Gasteiger partial charge in [0.05, 0.1) is 0 Å². The molecule has 0 radical (unpaired) electrons. The number of benzene rings is 2. The van der Waals surface area contributed by atoms with Crippen LogP contribution in [0.25, 0.3) is 0 Å². The molecule has 0 unspecified atom stereocenters.